The van der Waals surface area contributed by atoms with E-state index in [-0.39, 0.29) is 6.61 Å². The number of rotatable bonds is 5. The second-order valence-electron chi connectivity index (χ2n) is 4.61. The summed E-state index contributed by atoms with van der Waals surface area (Å²) in [5, 5.41) is 4.85. The van der Waals surface area contributed by atoms with Gasteiger partial charge in [0.15, 0.2) is 6.61 Å². The molecule has 0 bridgehead atoms. The minimum atomic E-state index is 0.110. The van der Waals surface area contributed by atoms with Crippen LogP contribution >= 0.6 is 23.2 Å². The molecule has 0 aliphatic heterocycles. The lowest BCUT2D eigenvalue weighted by molar-refractivity contribution is 0.112. The molecule has 0 saturated carbocycles. The number of hydrogen-bond acceptors (Lipinski definition) is 5. The summed E-state index contributed by atoms with van der Waals surface area (Å²) in [6.07, 6.45) is 0.768. The van der Waals surface area contributed by atoms with E-state index in [9.17, 15) is 4.79 Å². The zero-order valence-electron chi connectivity index (χ0n) is 11.7. The zero-order valence-corrected chi connectivity index (χ0v) is 13.2. The van der Waals surface area contributed by atoms with Crippen LogP contribution in [0.2, 0.25) is 10.0 Å². The fourth-order valence-corrected chi connectivity index (χ4v) is 2.37. The predicted molar refractivity (Wildman–Crippen MR) is 85.9 cm³/mol. The monoisotopic (exact) mass is 348 g/mol. The molecule has 0 fully saturated rings. The largest absolute Gasteiger partial charge is 0.484 e. The molecule has 2 aromatic carbocycles. The van der Waals surface area contributed by atoms with Crippen LogP contribution in [0, 0.1) is 0 Å². The third kappa shape index (κ3) is 3.70. The van der Waals surface area contributed by atoms with E-state index in [0.717, 1.165) is 6.29 Å². The highest BCUT2D eigenvalue weighted by Gasteiger charge is 2.12. The molecule has 0 saturated heterocycles. The normalized spacial score (nSPS) is 10.5. The Morgan fingerprint density at radius 1 is 1.13 bits per heavy atom. The summed E-state index contributed by atoms with van der Waals surface area (Å²) in [4.78, 5) is 14.8. The van der Waals surface area contributed by atoms with E-state index < -0.39 is 0 Å². The van der Waals surface area contributed by atoms with Crippen LogP contribution in [0.25, 0.3) is 11.4 Å². The first-order valence-corrected chi connectivity index (χ1v) is 7.37. The van der Waals surface area contributed by atoms with E-state index in [0.29, 0.717) is 38.6 Å². The first-order valence-electron chi connectivity index (χ1n) is 6.62. The standard InChI is InChI=1S/C16H10Cl2N2O3/c17-11-3-6-13(14(18)7-11)16-19-15(23-20-16)9-22-12-4-1-10(8-21)2-5-12/h1-8H,9H2. The summed E-state index contributed by atoms with van der Waals surface area (Å²) in [5.41, 5.74) is 1.20. The van der Waals surface area contributed by atoms with E-state index in [2.05, 4.69) is 10.1 Å². The van der Waals surface area contributed by atoms with Crippen LogP contribution in [0.1, 0.15) is 16.2 Å². The molecule has 23 heavy (non-hydrogen) atoms. The molecule has 116 valence electrons. The van der Waals surface area contributed by atoms with Crippen molar-refractivity contribution in [3.05, 3.63) is 64.0 Å². The Labute approximate surface area is 141 Å². The lowest BCUT2D eigenvalue weighted by atomic mass is 10.2. The summed E-state index contributed by atoms with van der Waals surface area (Å²) in [6.45, 7) is 0.110. The fourth-order valence-electron chi connectivity index (χ4n) is 1.88. The first kappa shape index (κ1) is 15.5. The number of carbonyl (C=O) groups excluding carboxylic acids is 1. The van der Waals surface area contributed by atoms with Gasteiger partial charge in [-0.25, -0.2) is 0 Å². The van der Waals surface area contributed by atoms with Gasteiger partial charge >= 0.3 is 0 Å². The van der Waals surface area contributed by atoms with Gasteiger partial charge < -0.3 is 9.26 Å². The smallest absolute Gasteiger partial charge is 0.264 e. The third-order valence-electron chi connectivity index (χ3n) is 3.02. The van der Waals surface area contributed by atoms with Crippen LogP contribution < -0.4 is 4.74 Å². The highest BCUT2D eigenvalue weighted by atomic mass is 35.5. The number of aromatic nitrogens is 2. The van der Waals surface area contributed by atoms with Crippen molar-refractivity contribution in [3.63, 3.8) is 0 Å². The van der Waals surface area contributed by atoms with Gasteiger partial charge in [0.1, 0.15) is 12.0 Å². The van der Waals surface area contributed by atoms with Crippen molar-refractivity contribution in [2.24, 2.45) is 0 Å². The maximum absolute atomic E-state index is 10.6. The molecule has 3 aromatic rings. The Balaban J connectivity index is 1.70. The highest BCUT2D eigenvalue weighted by Crippen LogP contribution is 2.28. The summed E-state index contributed by atoms with van der Waals surface area (Å²) >= 11 is 12.0. The Morgan fingerprint density at radius 2 is 1.91 bits per heavy atom. The quantitative estimate of drug-likeness (QED) is 0.638. The Hall–Kier alpha value is -2.37. The van der Waals surface area contributed by atoms with Crippen molar-refractivity contribution >= 4 is 29.5 Å². The van der Waals surface area contributed by atoms with E-state index in [1.165, 1.54) is 0 Å². The fraction of sp³-hybridized carbons (Fsp3) is 0.0625. The van der Waals surface area contributed by atoms with Crippen molar-refractivity contribution in [3.8, 4) is 17.1 Å². The number of carbonyl (C=O) groups is 1. The van der Waals surface area contributed by atoms with E-state index >= 15 is 0 Å². The van der Waals surface area contributed by atoms with Gasteiger partial charge in [-0.1, -0.05) is 28.4 Å². The lowest BCUT2D eigenvalue weighted by Gasteiger charge is -2.02. The van der Waals surface area contributed by atoms with Crippen LogP contribution in [0.3, 0.4) is 0 Å². The molecule has 1 heterocycles. The number of aldehydes is 1. The number of benzene rings is 2. The number of hydrogen-bond donors (Lipinski definition) is 0. The number of halogens is 2. The van der Waals surface area contributed by atoms with Gasteiger partial charge in [0, 0.05) is 16.1 Å². The van der Waals surface area contributed by atoms with Gasteiger partial charge in [-0.05, 0) is 42.5 Å². The molecule has 7 heteroatoms. The number of nitrogens with zero attached hydrogens (tertiary/aromatic N) is 2. The van der Waals surface area contributed by atoms with Gasteiger partial charge in [0.05, 0.1) is 5.02 Å². The Kier molecular flexibility index (Phi) is 4.60. The van der Waals surface area contributed by atoms with Gasteiger partial charge in [-0.15, -0.1) is 0 Å². The van der Waals surface area contributed by atoms with Gasteiger partial charge in [-0.3, -0.25) is 4.79 Å². The molecule has 0 radical (unpaired) electrons. The van der Waals surface area contributed by atoms with Crippen molar-refractivity contribution in [2.75, 3.05) is 0 Å². The second-order valence-corrected chi connectivity index (χ2v) is 5.46. The van der Waals surface area contributed by atoms with Crippen LogP contribution in [-0.4, -0.2) is 16.4 Å². The average Bonchev–Trinajstić information content (AvgIpc) is 3.02. The SMILES string of the molecule is O=Cc1ccc(OCc2nc(-c3ccc(Cl)cc3Cl)no2)cc1. The Morgan fingerprint density at radius 3 is 2.61 bits per heavy atom. The lowest BCUT2D eigenvalue weighted by Crippen LogP contribution is -1.96. The van der Waals surface area contributed by atoms with E-state index in [1.807, 2.05) is 0 Å². The Bertz CT molecular complexity index is 832. The molecular formula is C16H10Cl2N2O3. The van der Waals surface area contributed by atoms with Gasteiger partial charge in [0.25, 0.3) is 5.89 Å². The first-order chi connectivity index (χ1) is 11.2. The highest BCUT2D eigenvalue weighted by molar-refractivity contribution is 6.36. The maximum atomic E-state index is 10.6. The third-order valence-corrected chi connectivity index (χ3v) is 3.57. The van der Waals surface area contributed by atoms with Gasteiger partial charge in [0.2, 0.25) is 5.82 Å². The molecule has 0 atom stereocenters. The van der Waals surface area contributed by atoms with Gasteiger partial charge in [-0.2, -0.15) is 4.98 Å². The van der Waals surface area contributed by atoms with Crippen LogP contribution in [0.5, 0.6) is 5.75 Å². The molecule has 0 aliphatic carbocycles. The van der Waals surface area contributed by atoms with Crippen molar-refractivity contribution in [1.82, 2.24) is 10.1 Å². The number of ether oxygens (including phenoxy) is 1. The average molecular weight is 349 g/mol. The second kappa shape index (κ2) is 6.81. The molecule has 0 unspecified atom stereocenters. The summed E-state index contributed by atoms with van der Waals surface area (Å²) in [6, 6.07) is 11.7. The van der Waals surface area contributed by atoms with E-state index in [1.54, 1.807) is 42.5 Å². The molecule has 3 rings (SSSR count). The van der Waals surface area contributed by atoms with Crippen molar-refractivity contribution in [1.29, 1.82) is 0 Å². The van der Waals surface area contributed by atoms with E-state index in [4.69, 9.17) is 32.5 Å². The van der Waals surface area contributed by atoms with Crippen molar-refractivity contribution in [2.45, 2.75) is 6.61 Å². The molecule has 0 N–H and O–H groups in total. The minimum Gasteiger partial charge on any atom is -0.484 e. The molecule has 0 spiro atoms. The summed E-state index contributed by atoms with van der Waals surface area (Å²) in [5.74, 6) is 1.27. The topological polar surface area (TPSA) is 65.2 Å². The van der Waals surface area contributed by atoms with Crippen molar-refractivity contribution < 1.29 is 14.1 Å². The predicted octanol–water partition coefficient (Wildman–Crippen LogP) is 4.43. The molecule has 0 amide bonds. The molecule has 1 aromatic heterocycles. The van der Waals surface area contributed by atoms with Crippen LogP contribution in [-0.2, 0) is 6.61 Å². The van der Waals surface area contributed by atoms with Crippen LogP contribution in [0.4, 0.5) is 0 Å². The minimum absolute atomic E-state index is 0.110. The van der Waals surface area contributed by atoms with Crippen LogP contribution in [0.15, 0.2) is 47.0 Å². The maximum Gasteiger partial charge on any atom is 0.264 e. The zero-order chi connectivity index (χ0) is 16.2. The molecule has 5 nitrogen and oxygen atoms in total. The summed E-state index contributed by atoms with van der Waals surface area (Å²) in [7, 11) is 0. The molecule has 0 aliphatic rings. The summed E-state index contributed by atoms with van der Waals surface area (Å²) < 4.78 is 10.7. The molecular weight excluding hydrogens is 339 g/mol.